The molecule has 0 spiro atoms. The van der Waals surface area contributed by atoms with Crippen molar-refractivity contribution >= 4 is 23.2 Å². The lowest BCUT2D eigenvalue weighted by Gasteiger charge is -2.05. The summed E-state index contributed by atoms with van der Waals surface area (Å²) < 4.78 is 0. The number of aliphatic carboxylic acids is 1. The topological polar surface area (TPSA) is 79.3 Å². The van der Waals surface area contributed by atoms with Crippen LogP contribution >= 0.6 is 11.3 Å². The molecule has 0 aromatic carbocycles. The van der Waals surface area contributed by atoms with Gasteiger partial charge >= 0.3 is 5.97 Å². The van der Waals surface area contributed by atoms with Crippen LogP contribution in [0.25, 0.3) is 0 Å². The second kappa shape index (κ2) is 7.23. The van der Waals surface area contributed by atoms with Crippen molar-refractivity contribution in [1.29, 1.82) is 0 Å². The average molecular weight is 284 g/mol. The number of carbonyl (C=O) groups excluding carboxylic acids is 1. The van der Waals surface area contributed by atoms with Crippen LogP contribution in [0.1, 0.15) is 35.8 Å². The number of nitrogens with one attached hydrogen (secondary N) is 1. The maximum absolute atomic E-state index is 11.7. The lowest BCUT2D eigenvalue weighted by atomic mass is 10.2. The van der Waals surface area contributed by atoms with Gasteiger partial charge in [0, 0.05) is 11.4 Å². The molecule has 0 unspecified atom stereocenters. The molecule has 19 heavy (non-hydrogen) atoms. The number of nitrogens with zero attached hydrogens (tertiary/aromatic N) is 1. The SMILES string of the molecule is Cc1nc(CC(=O)NCC(C)C)sc1CCC(=O)O. The second-order valence-corrected chi connectivity index (χ2v) is 6.05. The number of carboxylic acids is 1. The van der Waals surface area contributed by atoms with Crippen molar-refractivity contribution in [2.75, 3.05) is 6.54 Å². The average Bonchev–Trinajstić information content (AvgIpc) is 2.64. The molecule has 106 valence electrons. The van der Waals surface area contributed by atoms with Gasteiger partial charge < -0.3 is 10.4 Å². The fourth-order valence-electron chi connectivity index (χ4n) is 1.53. The molecule has 1 aromatic heterocycles. The molecule has 0 bridgehead atoms. The van der Waals surface area contributed by atoms with Gasteiger partial charge in [-0.1, -0.05) is 13.8 Å². The first-order valence-corrected chi connectivity index (χ1v) is 7.13. The normalized spacial score (nSPS) is 10.7. The third-order valence-electron chi connectivity index (χ3n) is 2.52. The van der Waals surface area contributed by atoms with Gasteiger partial charge in [0.05, 0.1) is 18.5 Å². The molecule has 0 fully saturated rings. The summed E-state index contributed by atoms with van der Waals surface area (Å²) in [6.07, 6.45) is 0.847. The number of carboxylic acid groups (broad SMARTS) is 1. The Morgan fingerprint density at radius 3 is 2.68 bits per heavy atom. The van der Waals surface area contributed by atoms with E-state index in [1.807, 2.05) is 20.8 Å². The summed E-state index contributed by atoms with van der Waals surface area (Å²) in [5, 5.41) is 12.3. The highest BCUT2D eigenvalue weighted by molar-refractivity contribution is 7.11. The maximum Gasteiger partial charge on any atom is 0.303 e. The minimum atomic E-state index is -0.816. The molecular weight excluding hydrogens is 264 g/mol. The fourth-order valence-corrected chi connectivity index (χ4v) is 2.60. The molecule has 1 amide bonds. The number of aryl methyl sites for hydroxylation is 2. The fraction of sp³-hybridized carbons (Fsp3) is 0.615. The molecule has 0 radical (unpaired) electrons. The van der Waals surface area contributed by atoms with E-state index < -0.39 is 5.97 Å². The molecule has 2 N–H and O–H groups in total. The smallest absolute Gasteiger partial charge is 0.303 e. The largest absolute Gasteiger partial charge is 0.481 e. The Morgan fingerprint density at radius 2 is 2.11 bits per heavy atom. The molecule has 0 aliphatic heterocycles. The van der Waals surface area contributed by atoms with Crippen LogP contribution in [0.15, 0.2) is 0 Å². The number of rotatable bonds is 7. The summed E-state index contributed by atoms with van der Waals surface area (Å²) >= 11 is 1.43. The standard InChI is InChI=1S/C13H20N2O3S/c1-8(2)7-14-11(16)6-12-15-9(3)10(19-12)4-5-13(17)18/h8H,4-7H2,1-3H3,(H,14,16)(H,17,18). The van der Waals surface area contributed by atoms with Gasteiger partial charge in [-0.2, -0.15) is 0 Å². The van der Waals surface area contributed by atoms with Gasteiger partial charge in [0.1, 0.15) is 5.01 Å². The summed E-state index contributed by atoms with van der Waals surface area (Å²) in [4.78, 5) is 27.5. The highest BCUT2D eigenvalue weighted by Crippen LogP contribution is 2.20. The van der Waals surface area contributed by atoms with E-state index in [0.717, 1.165) is 15.6 Å². The molecule has 0 aliphatic carbocycles. The summed E-state index contributed by atoms with van der Waals surface area (Å²) in [6, 6.07) is 0. The Morgan fingerprint density at radius 1 is 1.42 bits per heavy atom. The molecular formula is C13H20N2O3S. The van der Waals surface area contributed by atoms with E-state index in [-0.39, 0.29) is 18.7 Å². The second-order valence-electron chi connectivity index (χ2n) is 4.88. The van der Waals surface area contributed by atoms with E-state index in [9.17, 15) is 9.59 Å². The van der Waals surface area contributed by atoms with Crippen LogP contribution in [0.5, 0.6) is 0 Å². The maximum atomic E-state index is 11.7. The molecule has 0 atom stereocenters. The summed E-state index contributed by atoms with van der Waals surface area (Å²) in [5.74, 6) is -0.427. The van der Waals surface area contributed by atoms with E-state index in [0.29, 0.717) is 18.9 Å². The molecule has 0 aliphatic rings. The Balaban J connectivity index is 2.53. The minimum Gasteiger partial charge on any atom is -0.481 e. The monoisotopic (exact) mass is 284 g/mol. The van der Waals surface area contributed by atoms with Crippen molar-refractivity contribution in [2.45, 2.75) is 40.0 Å². The van der Waals surface area contributed by atoms with Gasteiger partial charge in [0.15, 0.2) is 0 Å². The van der Waals surface area contributed by atoms with Gasteiger partial charge in [-0.05, 0) is 19.3 Å². The third-order valence-corrected chi connectivity index (χ3v) is 3.74. The molecule has 1 heterocycles. The highest BCUT2D eigenvalue weighted by Gasteiger charge is 2.12. The van der Waals surface area contributed by atoms with Crippen LogP contribution in [-0.4, -0.2) is 28.5 Å². The summed E-state index contributed by atoms with van der Waals surface area (Å²) in [7, 11) is 0. The molecule has 0 saturated heterocycles. The van der Waals surface area contributed by atoms with Gasteiger partial charge in [0.25, 0.3) is 0 Å². The van der Waals surface area contributed by atoms with Crippen LogP contribution in [0.4, 0.5) is 0 Å². The van der Waals surface area contributed by atoms with Crippen LogP contribution in [0.2, 0.25) is 0 Å². The van der Waals surface area contributed by atoms with Crippen LogP contribution in [0.3, 0.4) is 0 Å². The van der Waals surface area contributed by atoms with Crippen LogP contribution in [-0.2, 0) is 22.4 Å². The lowest BCUT2D eigenvalue weighted by Crippen LogP contribution is -2.28. The van der Waals surface area contributed by atoms with Crippen molar-refractivity contribution in [3.05, 3.63) is 15.6 Å². The number of hydrogen-bond acceptors (Lipinski definition) is 4. The first kappa shape index (κ1) is 15.6. The van der Waals surface area contributed by atoms with Crippen molar-refractivity contribution in [3.8, 4) is 0 Å². The van der Waals surface area contributed by atoms with Gasteiger partial charge in [-0.3, -0.25) is 9.59 Å². The Labute approximate surface area is 117 Å². The Kier molecular flexibility index (Phi) is 5.95. The predicted octanol–water partition coefficient (Wildman–Crippen LogP) is 1.78. The van der Waals surface area contributed by atoms with E-state index in [1.54, 1.807) is 0 Å². The van der Waals surface area contributed by atoms with Gasteiger partial charge in [-0.25, -0.2) is 4.98 Å². The minimum absolute atomic E-state index is 0.0350. The van der Waals surface area contributed by atoms with E-state index in [4.69, 9.17) is 5.11 Å². The summed E-state index contributed by atoms with van der Waals surface area (Å²) in [5.41, 5.74) is 0.831. The first-order valence-electron chi connectivity index (χ1n) is 6.32. The zero-order valence-corrected chi connectivity index (χ0v) is 12.3. The number of amides is 1. The number of hydrogen-bond donors (Lipinski definition) is 2. The third kappa shape index (κ3) is 5.83. The summed E-state index contributed by atoms with van der Waals surface area (Å²) in [6.45, 7) is 6.59. The highest BCUT2D eigenvalue weighted by atomic mass is 32.1. The quantitative estimate of drug-likeness (QED) is 0.800. The van der Waals surface area contributed by atoms with Crippen LogP contribution < -0.4 is 5.32 Å². The van der Waals surface area contributed by atoms with Gasteiger partial charge in [-0.15, -0.1) is 11.3 Å². The number of aromatic nitrogens is 1. The van der Waals surface area contributed by atoms with E-state index in [2.05, 4.69) is 10.3 Å². The predicted molar refractivity (Wildman–Crippen MR) is 74.4 cm³/mol. The zero-order chi connectivity index (χ0) is 14.4. The van der Waals surface area contributed by atoms with E-state index in [1.165, 1.54) is 11.3 Å². The van der Waals surface area contributed by atoms with Crippen LogP contribution in [0, 0.1) is 12.8 Å². The molecule has 5 nitrogen and oxygen atoms in total. The van der Waals surface area contributed by atoms with Crippen molar-refractivity contribution in [2.24, 2.45) is 5.92 Å². The molecule has 6 heteroatoms. The van der Waals surface area contributed by atoms with Gasteiger partial charge in [0.2, 0.25) is 5.91 Å². The lowest BCUT2D eigenvalue weighted by molar-refractivity contribution is -0.137. The van der Waals surface area contributed by atoms with Crippen molar-refractivity contribution < 1.29 is 14.7 Å². The number of carbonyl (C=O) groups is 2. The molecule has 1 rings (SSSR count). The zero-order valence-electron chi connectivity index (χ0n) is 11.5. The Bertz CT molecular complexity index is 455. The van der Waals surface area contributed by atoms with Crippen molar-refractivity contribution in [3.63, 3.8) is 0 Å². The van der Waals surface area contributed by atoms with E-state index >= 15 is 0 Å². The van der Waals surface area contributed by atoms with Crippen molar-refractivity contribution in [1.82, 2.24) is 10.3 Å². The first-order chi connectivity index (χ1) is 8.88. The molecule has 0 saturated carbocycles. The number of thiazole rings is 1. The molecule has 1 aromatic rings. The Hall–Kier alpha value is -1.43.